The molecule has 0 radical (unpaired) electrons. The van der Waals surface area contributed by atoms with Gasteiger partial charge in [-0.15, -0.1) is 0 Å². The molecule has 0 saturated carbocycles. The van der Waals surface area contributed by atoms with Crippen molar-refractivity contribution in [3.63, 3.8) is 0 Å². The molecule has 0 amide bonds. The van der Waals surface area contributed by atoms with Crippen LogP contribution in [0.4, 0.5) is 0 Å². The van der Waals surface area contributed by atoms with E-state index in [0.29, 0.717) is 5.92 Å². The van der Waals surface area contributed by atoms with Gasteiger partial charge in [0, 0.05) is 17.7 Å². The zero-order valence-electron chi connectivity index (χ0n) is 12.5. The topological polar surface area (TPSA) is 12.9 Å². The Labute approximate surface area is 126 Å². The van der Waals surface area contributed by atoms with Crippen LogP contribution in [0.5, 0.6) is 0 Å². The summed E-state index contributed by atoms with van der Waals surface area (Å²) in [6.45, 7) is 4.37. The summed E-state index contributed by atoms with van der Waals surface area (Å²) in [7, 11) is 0. The van der Waals surface area contributed by atoms with Crippen molar-refractivity contribution in [2.45, 2.75) is 19.8 Å². The zero-order valence-corrected chi connectivity index (χ0v) is 12.5. The van der Waals surface area contributed by atoms with Crippen molar-refractivity contribution >= 4 is 0 Å². The third-order valence-electron chi connectivity index (χ3n) is 3.99. The second-order valence-corrected chi connectivity index (χ2v) is 5.39. The van der Waals surface area contributed by atoms with Crippen molar-refractivity contribution in [1.29, 1.82) is 0 Å². The van der Waals surface area contributed by atoms with Gasteiger partial charge in [0.05, 0.1) is 5.69 Å². The minimum Gasteiger partial charge on any atom is -0.256 e. The SMILES string of the molecule is Cc1cccnc1-c1ccccc1[C@@H](C)c1ccccc1. The molecule has 1 heteroatoms. The Balaban J connectivity index is 2.11. The van der Waals surface area contributed by atoms with E-state index in [2.05, 4.69) is 79.5 Å². The number of rotatable bonds is 3. The average Bonchev–Trinajstić information content (AvgIpc) is 2.55. The van der Waals surface area contributed by atoms with Crippen LogP contribution in [0.3, 0.4) is 0 Å². The van der Waals surface area contributed by atoms with Gasteiger partial charge in [-0.05, 0) is 29.7 Å². The Morgan fingerprint density at radius 2 is 1.52 bits per heavy atom. The first-order valence-corrected chi connectivity index (χ1v) is 7.33. The maximum absolute atomic E-state index is 4.59. The van der Waals surface area contributed by atoms with Crippen LogP contribution >= 0.6 is 0 Å². The summed E-state index contributed by atoms with van der Waals surface area (Å²) in [6, 6.07) is 23.3. The second-order valence-electron chi connectivity index (χ2n) is 5.39. The van der Waals surface area contributed by atoms with Gasteiger partial charge in [-0.3, -0.25) is 4.98 Å². The first kappa shape index (κ1) is 13.6. The Kier molecular flexibility index (Phi) is 3.83. The minimum absolute atomic E-state index is 0.351. The van der Waals surface area contributed by atoms with Crippen molar-refractivity contribution < 1.29 is 0 Å². The lowest BCUT2D eigenvalue weighted by Crippen LogP contribution is -2.00. The Morgan fingerprint density at radius 3 is 2.29 bits per heavy atom. The van der Waals surface area contributed by atoms with Crippen LogP contribution in [0.15, 0.2) is 72.9 Å². The number of aromatic nitrogens is 1. The number of pyridine rings is 1. The van der Waals surface area contributed by atoms with E-state index >= 15 is 0 Å². The van der Waals surface area contributed by atoms with Crippen LogP contribution in [-0.4, -0.2) is 4.98 Å². The van der Waals surface area contributed by atoms with Crippen LogP contribution in [0.2, 0.25) is 0 Å². The molecule has 3 rings (SSSR count). The van der Waals surface area contributed by atoms with E-state index in [1.54, 1.807) is 0 Å². The molecule has 0 unspecified atom stereocenters. The fourth-order valence-electron chi connectivity index (χ4n) is 2.78. The molecule has 1 atom stereocenters. The van der Waals surface area contributed by atoms with E-state index in [9.17, 15) is 0 Å². The van der Waals surface area contributed by atoms with E-state index in [-0.39, 0.29) is 0 Å². The van der Waals surface area contributed by atoms with Gasteiger partial charge in [0.2, 0.25) is 0 Å². The highest BCUT2D eigenvalue weighted by atomic mass is 14.7. The number of aryl methyl sites for hydroxylation is 1. The van der Waals surface area contributed by atoms with E-state index < -0.39 is 0 Å². The molecule has 1 heterocycles. The first-order valence-electron chi connectivity index (χ1n) is 7.33. The highest BCUT2D eigenvalue weighted by molar-refractivity contribution is 5.68. The van der Waals surface area contributed by atoms with Gasteiger partial charge in [-0.2, -0.15) is 0 Å². The number of hydrogen-bond donors (Lipinski definition) is 0. The van der Waals surface area contributed by atoms with E-state index in [1.807, 2.05) is 12.3 Å². The molecule has 21 heavy (non-hydrogen) atoms. The number of hydrogen-bond acceptors (Lipinski definition) is 1. The van der Waals surface area contributed by atoms with E-state index in [4.69, 9.17) is 0 Å². The fraction of sp³-hybridized carbons (Fsp3) is 0.150. The molecule has 0 aliphatic heterocycles. The van der Waals surface area contributed by atoms with Crippen molar-refractivity contribution in [1.82, 2.24) is 4.98 Å². The summed E-state index contributed by atoms with van der Waals surface area (Å²) in [4.78, 5) is 4.59. The third kappa shape index (κ3) is 2.73. The van der Waals surface area contributed by atoms with Gasteiger partial charge in [0.25, 0.3) is 0 Å². The Hall–Kier alpha value is -2.41. The molecule has 0 aliphatic carbocycles. The first-order chi connectivity index (χ1) is 10.3. The molecule has 2 aromatic carbocycles. The van der Waals surface area contributed by atoms with Crippen molar-refractivity contribution in [2.75, 3.05) is 0 Å². The van der Waals surface area contributed by atoms with Crippen LogP contribution in [0, 0.1) is 6.92 Å². The molecule has 3 aromatic rings. The molecule has 0 fully saturated rings. The molecule has 1 nitrogen and oxygen atoms in total. The van der Waals surface area contributed by atoms with Gasteiger partial charge in [-0.1, -0.05) is 67.6 Å². The predicted octanol–water partition coefficient (Wildman–Crippen LogP) is 5.21. The molecular weight excluding hydrogens is 254 g/mol. The average molecular weight is 273 g/mol. The van der Waals surface area contributed by atoms with Gasteiger partial charge >= 0.3 is 0 Å². The third-order valence-corrected chi connectivity index (χ3v) is 3.99. The molecule has 0 N–H and O–H groups in total. The smallest absolute Gasteiger partial charge is 0.0734 e. The van der Waals surface area contributed by atoms with Crippen LogP contribution < -0.4 is 0 Å². The quantitative estimate of drug-likeness (QED) is 0.638. The van der Waals surface area contributed by atoms with E-state index in [1.165, 1.54) is 22.3 Å². The number of benzene rings is 2. The zero-order chi connectivity index (χ0) is 14.7. The van der Waals surface area contributed by atoms with Gasteiger partial charge in [-0.25, -0.2) is 0 Å². The summed E-state index contributed by atoms with van der Waals surface area (Å²) in [6.07, 6.45) is 1.87. The summed E-state index contributed by atoms with van der Waals surface area (Å²) >= 11 is 0. The second kappa shape index (κ2) is 5.92. The van der Waals surface area contributed by atoms with Crippen molar-refractivity contribution in [3.8, 4) is 11.3 Å². The summed E-state index contributed by atoms with van der Waals surface area (Å²) in [5.41, 5.74) is 6.18. The highest BCUT2D eigenvalue weighted by Gasteiger charge is 2.14. The largest absolute Gasteiger partial charge is 0.256 e. The van der Waals surface area contributed by atoms with Gasteiger partial charge in [0.15, 0.2) is 0 Å². The summed E-state index contributed by atoms with van der Waals surface area (Å²) < 4.78 is 0. The minimum atomic E-state index is 0.351. The monoisotopic (exact) mass is 273 g/mol. The van der Waals surface area contributed by atoms with Crippen molar-refractivity contribution in [2.24, 2.45) is 0 Å². The molecule has 0 aliphatic rings. The predicted molar refractivity (Wildman–Crippen MR) is 88.4 cm³/mol. The lowest BCUT2D eigenvalue weighted by Gasteiger charge is -2.17. The maximum atomic E-state index is 4.59. The Bertz CT molecular complexity index is 732. The van der Waals surface area contributed by atoms with Crippen LogP contribution in [0.25, 0.3) is 11.3 Å². The van der Waals surface area contributed by atoms with Gasteiger partial charge < -0.3 is 0 Å². The molecule has 0 bridgehead atoms. The number of nitrogens with zero attached hydrogens (tertiary/aromatic N) is 1. The Morgan fingerprint density at radius 1 is 0.810 bits per heavy atom. The highest BCUT2D eigenvalue weighted by Crippen LogP contribution is 2.33. The van der Waals surface area contributed by atoms with Crippen LogP contribution in [0.1, 0.15) is 29.5 Å². The summed E-state index contributed by atoms with van der Waals surface area (Å²) in [5.74, 6) is 0.351. The van der Waals surface area contributed by atoms with Crippen LogP contribution in [-0.2, 0) is 0 Å². The maximum Gasteiger partial charge on any atom is 0.0734 e. The molecular formula is C20H19N. The molecule has 0 spiro atoms. The lowest BCUT2D eigenvalue weighted by atomic mass is 9.88. The summed E-state index contributed by atoms with van der Waals surface area (Å²) in [5, 5.41) is 0. The van der Waals surface area contributed by atoms with Crippen molar-refractivity contribution in [3.05, 3.63) is 89.6 Å². The normalized spacial score (nSPS) is 12.1. The fourth-order valence-corrected chi connectivity index (χ4v) is 2.78. The van der Waals surface area contributed by atoms with Gasteiger partial charge in [0.1, 0.15) is 0 Å². The molecule has 1 aromatic heterocycles. The molecule has 104 valence electrons. The standard InChI is InChI=1S/C20H19N/c1-15-9-8-14-21-20(15)19-13-7-6-12-18(19)16(2)17-10-4-3-5-11-17/h3-14,16H,1-2H3/t16-/m0/s1. The molecule has 0 saturated heterocycles. The lowest BCUT2D eigenvalue weighted by molar-refractivity contribution is 0.923. The van der Waals surface area contributed by atoms with E-state index in [0.717, 1.165) is 5.69 Å².